The van der Waals surface area contributed by atoms with Crippen LogP contribution in [0.2, 0.25) is 0 Å². The molecule has 1 aromatic heterocycles. The summed E-state index contributed by atoms with van der Waals surface area (Å²) in [6.07, 6.45) is 1.59. The van der Waals surface area contributed by atoms with E-state index < -0.39 is 0 Å². The van der Waals surface area contributed by atoms with Crippen molar-refractivity contribution >= 4 is 5.91 Å². The first-order chi connectivity index (χ1) is 11.2. The molecule has 0 fully saturated rings. The van der Waals surface area contributed by atoms with Crippen LogP contribution in [0.5, 0.6) is 11.5 Å². The Morgan fingerprint density at radius 1 is 1.13 bits per heavy atom. The molecule has 0 bridgehead atoms. The fraction of sp³-hybridized carbons (Fsp3) is 0.353. The van der Waals surface area contributed by atoms with Gasteiger partial charge in [-0.15, -0.1) is 0 Å². The average molecular weight is 319 g/mol. The summed E-state index contributed by atoms with van der Waals surface area (Å²) in [5.41, 5.74) is 0.490. The number of methoxy groups -OCH3 is 3. The Morgan fingerprint density at radius 2 is 1.83 bits per heavy atom. The van der Waals surface area contributed by atoms with Crippen molar-refractivity contribution in [1.29, 1.82) is 0 Å². The van der Waals surface area contributed by atoms with Gasteiger partial charge in [-0.2, -0.15) is 0 Å². The maximum Gasteiger partial charge on any atom is 0.254 e. The number of carbonyl (C=O) groups is 1. The summed E-state index contributed by atoms with van der Waals surface area (Å²) in [7, 11) is 4.70. The van der Waals surface area contributed by atoms with Gasteiger partial charge in [0.05, 0.1) is 33.6 Å². The highest BCUT2D eigenvalue weighted by Crippen LogP contribution is 2.24. The van der Waals surface area contributed by atoms with Gasteiger partial charge in [0, 0.05) is 25.3 Å². The van der Waals surface area contributed by atoms with Gasteiger partial charge in [0.2, 0.25) is 0 Å². The Morgan fingerprint density at radius 3 is 2.35 bits per heavy atom. The highest BCUT2D eigenvalue weighted by molar-refractivity contribution is 5.95. The summed E-state index contributed by atoms with van der Waals surface area (Å²) in [6, 6.07) is 8.73. The fourth-order valence-electron chi connectivity index (χ4n) is 2.16. The molecule has 2 aromatic rings. The normalized spacial score (nSPS) is 10.4. The molecule has 1 aromatic carbocycles. The molecule has 0 radical (unpaired) electrons. The Hall–Kier alpha value is -2.47. The SMILES string of the molecule is COCCN(Cc1ccco1)C(=O)c1cc(OC)cc(OC)c1. The minimum atomic E-state index is -0.143. The highest BCUT2D eigenvalue weighted by atomic mass is 16.5. The Balaban J connectivity index is 2.24. The zero-order chi connectivity index (χ0) is 16.7. The van der Waals surface area contributed by atoms with Crippen LogP contribution in [0.1, 0.15) is 16.1 Å². The number of ether oxygens (including phenoxy) is 3. The smallest absolute Gasteiger partial charge is 0.254 e. The molecule has 23 heavy (non-hydrogen) atoms. The van der Waals surface area contributed by atoms with Crippen LogP contribution in [0.15, 0.2) is 41.0 Å². The first-order valence-electron chi connectivity index (χ1n) is 7.21. The van der Waals surface area contributed by atoms with Crippen molar-refractivity contribution in [2.24, 2.45) is 0 Å². The predicted molar refractivity (Wildman–Crippen MR) is 84.9 cm³/mol. The lowest BCUT2D eigenvalue weighted by Gasteiger charge is -2.22. The molecule has 124 valence electrons. The van der Waals surface area contributed by atoms with Crippen LogP contribution in [-0.2, 0) is 11.3 Å². The molecular weight excluding hydrogens is 298 g/mol. The summed E-state index contributed by atoms with van der Waals surface area (Å²) in [5.74, 6) is 1.70. The number of rotatable bonds is 8. The second-order valence-electron chi connectivity index (χ2n) is 4.90. The highest BCUT2D eigenvalue weighted by Gasteiger charge is 2.19. The largest absolute Gasteiger partial charge is 0.497 e. The van der Waals surface area contributed by atoms with Gasteiger partial charge in [-0.1, -0.05) is 0 Å². The number of furan rings is 1. The Bertz CT molecular complexity index is 602. The van der Waals surface area contributed by atoms with Crippen molar-refractivity contribution in [1.82, 2.24) is 4.90 Å². The van der Waals surface area contributed by atoms with E-state index in [1.54, 1.807) is 56.8 Å². The first-order valence-corrected chi connectivity index (χ1v) is 7.21. The van der Waals surface area contributed by atoms with Crippen molar-refractivity contribution in [3.8, 4) is 11.5 Å². The fourth-order valence-corrected chi connectivity index (χ4v) is 2.16. The molecule has 0 unspecified atom stereocenters. The number of hydrogen-bond acceptors (Lipinski definition) is 5. The molecular formula is C17H21NO5. The van der Waals surface area contributed by atoms with Crippen LogP contribution in [-0.4, -0.2) is 45.3 Å². The van der Waals surface area contributed by atoms with E-state index in [4.69, 9.17) is 18.6 Å². The molecule has 0 spiro atoms. The van der Waals surface area contributed by atoms with Crippen LogP contribution < -0.4 is 9.47 Å². The second kappa shape index (κ2) is 8.24. The average Bonchev–Trinajstić information content (AvgIpc) is 3.10. The maximum absolute atomic E-state index is 12.8. The lowest BCUT2D eigenvalue weighted by Crippen LogP contribution is -2.33. The number of hydrogen-bond donors (Lipinski definition) is 0. The second-order valence-corrected chi connectivity index (χ2v) is 4.90. The molecule has 1 amide bonds. The van der Waals surface area contributed by atoms with E-state index in [-0.39, 0.29) is 5.91 Å². The topological polar surface area (TPSA) is 61.1 Å². The lowest BCUT2D eigenvalue weighted by molar-refractivity contribution is 0.0666. The summed E-state index contributed by atoms with van der Waals surface area (Å²) in [6.45, 7) is 1.26. The molecule has 0 aliphatic carbocycles. The minimum absolute atomic E-state index is 0.143. The minimum Gasteiger partial charge on any atom is -0.497 e. The number of benzene rings is 1. The third-order valence-corrected chi connectivity index (χ3v) is 3.38. The maximum atomic E-state index is 12.8. The molecule has 0 N–H and O–H groups in total. The van der Waals surface area contributed by atoms with Crippen molar-refractivity contribution < 1.29 is 23.4 Å². The van der Waals surface area contributed by atoms with E-state index in [2.05, 4.69) is 0 Å². The molecule has 0 saturated heterocycles. The molecule has 0 saturated carbocycles. The summed E-state index contributed by atoms with van der Waals surface area (Å²) in [4.78, 5) is 14.5. The molecule has 6 nitrogen and oxygen atoms in total. The van der Waals surface area contributed by atoms with Crippen LogP contribution in [0.3, 0.4) is 0 Å². The van der Waals surface area contributed by atoms with Gasteiger partial charge in [0.25, 0.3) is 5.91 Å². The van der Waals surface area contributed by atoms with Gasteiger partial charge in [-0.25, -0.2) is 0 Å². The van der Waals surface area contributed by atoms with Crippen molar-refractivity contribution in [3.05, 3.63) is 47.9 Å². The van der Waals surface area contributed by atoms with E-state index in [1.165, 1.54) is 0 Å². The van der Waals surface area contributed by atoms with E-state index in [0.717, 1.165) is 0 Å². The van der Waals surface area contributed by atoms with Crippen LogP contribution in [0.25, 0.3) is 0 Å². The van der Waals surface area contributed by atoms with Crippen molar-refractivity contribution in [2.75, 3.05) is 34.5 Å². The molecule has 6 heteroatoms. The van der Waals surface area contributed by atoms with E-state index in [1.807, 2.05) is 6.07 Å². The van der Waals surface area contributed by atoms with Gasteiger partial charge < -0.3 is 23.5 Å². The van der Waals surface area contributed by atoms with E-state index in [0.29, 0.717) is 42.5 Å². The van der Waals surface area contributed by atoms with E-state index >= 15 is 0 Å². The molecule has 0 aliphatic rings. The third-order valence-electron chi connectivity index (χ3n) is 3.38. The summed E-state index contributed by atoms with van der Waals surface area (Å²) < 4.78 is 20.9. The molecule has 1 heterocycles. The van der Waals surface area contributed by atoms with Gasteiger partial charge in [-0.3, -0.25) is 4.79 Å². The lowest BCUT2D eigenvalue weighted by atomic mass is 10.1. The van der Waals surface area contributed by atoms with Gasteiger partial charge >= 0.3 is 0 Å². The third kappa shape index (κ3) is 4.50. The summed E-state index contributed by atoms with van der Waals surface area (Å²) in [5, 5.41) is 0. The molecule has 0 atom stereocenters. The van der Waals surface area contributed by atoms with Crippen LogP contribution in [0.4, 0.5) is 0 Å². The van der Waals surface area contributed by atoms with Gasteiger partial charge in [0.15, 0.2) is 0 Å². The van der Waals surface area contributed by atoms with Crippen LogP contribution in [0, 0.1) is 0 Å². The monoisotopic (exact) mass is 319 g/mol. The zero-order valence-corrected chi connectivity index (χ0v) is 13.6. The quantitative estimate of drug-likeness (QED) is 0.748. The number of amides is 1. The summed E-state index contributed by atoms with van der Waals surface area (Å²) >= 11 is 0. The van der Waals surface area contributed by atoms with Crippen molar-refractivity contribution in [2.45, 2.75) is 6.54 Å². The molecule has 2 rings (SSSR count). The zero-order valence-electron chi connectivity index (χ0n) is 13.6. The predicted octanol–water partition coefficient (Wildman–Crippen LogP) is 2.59. The first kappa shape index (κ1) is 16.9. The Labute approximate surface area is 135 Å². The number of nitrogens with zero attached hydrogens (tertiary/aromatic N) is 1. The van der Waals surface area contributed by atoms with Crippen molar-refractivity contribution in [3.63, 3.8) is 0 Å². The van der Waals surface area contributed by atoms with E-state index in [9.17, 15) is 4.79 Å². The van der Waals surface area contributed by atoms with Gasteiger partial charge in [0.1, 0.15) is 17.3 Å². The standard InChI is InChI=1S/C17H21NO5/c1-20-8-6-18(12-14-5-4-7-23-14)17(19)13-9-15(21-2)11-16(10-13)22-3/h4-5,7,9-11H,6,8,12H2,1-3H3. The molecule has 0 aliphatic heterocycles. The van der Waals surface area contributed by atoms with Crippen LogP contribution >= 0.6 is 0 Å². The number of carbonyl (C=O) groups excluding carboxylic acids is 1. The van der Waals surface area contributed by atoms with Gasteiger partial charge in [-0.05, 0) is 24.3 Å². The Kier molecular flexibility index (Phi) is 6.05.